The Balaban J connectivity index is 1.92. The molecule has 0 aromatic rings. The van der Waals surface area contributed by atoms with Crippen molar-refractivity contribution < 1.29 is 18.9 Å². The Morgan fingerprint density at radius 1 is 1.37 bits per heavy atom. The molecule has 0 radical (unpaired) electrons. The quantitative estimate of drug-likeness (QED) is 0.283. The molecule has 0 bridgehead atoms. The fourth-order valence-corrected chi connectivity index (χ4v) is 2.05. The van der Waals surface area contributed by atoms with E-state index in [1.54, 1.807) is 13.0 Å². The zero-order valence-corrected chi connectivity index (χ0v) is 12.4. The Kier molecular flexibility index (Phi) is 4.65. The average molecular weight is 331 g/mol. The van der Waals surface area contributed by atoms with Crippen LogP contribution in [-0.4, -0.2) is 47.0 Å². The Morgan fingerprint density at radius 3 is 2.63 bits per heavy atom. The van der Waals surface area contributed by atoms with Crippen molar-refractivity contribution in [3.8, 4) is 0 Å². The van der Waals surface area contributed by atoms with Gasteiger partial charge < -0.3 is 18.9 Å². The average Bonchev–Trinajstić information content (AvgIpc) is 3.09. The molecule has 5 atom stereocenters. The molecule has 2 aliphatic rings. The summed E-state index contributed by atoms with van der Waals surface area (Å²) in [5.41, 5.74) is 0. The van der Waals surface area contributed by atoms with Crippen molar-refractivity contribution in [3.63, 3.8) is 0 Å². The van der Waals surface area contributed by atoms with Gasteiger partial charge in [0.1, 0.15) is 12.2 Å². The zero-order valence-electron chi connectivity index (χ0n) is 10.1. The van der Waals surface area contributed by atoms with Crippen molar-refractivity contribution in [3.05, 3.63) is 12.7 Å². The molecular weight excluding hydrogens is 316 g/mol. The molecule has 0 aromatic carbocycles. The first-order valence-corrected chi connectivity index (χ1v) is 6.84. The fourth-order valence-electron chi connectivity index (χ4n) is 1.92. The van der Waals surface area contributed by atoms with Gasteiger partial charge in [-0.05, 0) is 6.92 Å². The minimum absolute atomic E-state index is 0.216. The first kappa shape index (κ1) is 15.4. The second kappa shape index (κ2) is 5.76. The van der Waals surface area contributed by atoms with Gasteiger partial charge in [-0.3, -0.25) is 5.41 Å². The third-order valence-electron chi connectivity index (χ3n) is 2.85. The topological polar surface area (TPSA) is 64.1 Å². The van der Waals surface area contributed by atoms with E-state index in [4.69, 9.17) is 59.2 Å². The van der Waals surface area contributed by atoms with E-state index < -0.39 is 22.1 Å². The first-order chi connectivity index (χ1) is 8.84. The number of fused-ring (bicyclic) bond motifs is 1. The Labute approximate surface area is 126 Å². The standard InChI is InChI=1S/C11H14Cl3NO4/c1-3-4-16-9-8-7(18-8)6(5(2)17-9)19-10(15)11(12,13)14/h3,5-9,15H,1,4H2,2H3/t5-,6+,7-,8-,9+/m1/s1. The Hall–Kier alpha value is -0.0400. The van der Waals surface area contributed by atoms with Crippen LogP contribution in [0.2, 0.25) is 0 Å². The normalized spacial score (nSPS) is 37.4. The van der Waals surface area contributed by atoms with Crippen LogP contribution in [0.25, 0.3) is 0 Å². The van der Waals surface area contributed by atoms with Gasteiger partial charge >= 0.3 is 0 Å². The summed E-state index contributed by atoms with van der Waals surface area (Å²) in [5, 5.41) is 7.56. The highest BCUT2D eigenvalue weighted by atomic mass is 35.6. The Bertz CT molecular complexity index is 371. The molecule has 108 valence electrons. The van der Waals surface area contributed by atoms with Crippen molar-refractivity contribution in [2.24, 2.45) is 0 Å². The van der Waals surface area contributed by atoms with Crippen LogP contribution in [0.15, 0.2) is 12.7 Å². The number of epoxide rings is 1. The number of nitrogens with one attached hydrogen (secondary N) is 1. The van der Waals surface area contributed by atoms with Crippen molar-refractivity contribution in [2.45, 2.75) is 41.4 Å². The van der Waals surface area contributed by atoms with Gasteiger partial charge in [-0.15, -0.1) is 6.58 Å². The molecule has 19 heavy (non-hydrogen) atoms. The summed E-state index contributed by atoms with van der Waals surface area (Å²) >= 11 is 16.7. The van der Waals surface area contributed by atoms with Crippen LogP contribution in [0.3, 0.4) is 0 Å². The van der Waals surface area contributed by atoms with Crippen molar-refractivity contribution >= 4 is 40.7 Å². The summed E-state index contributed by atoms with van der Waals surface area (Å²) in [6, 6.07) is 0. The highest BCUT2D eigenvalue weighted by Gasteiger charge is 2.59. The van der Waals surface area contributed by atoms with E-state index in [0.717, 1.165) is 0 Å². The molecule has 2 aliphatic heterocycles. The maximum Gasteiger partial charge on any atom is 0.265 e. The number of alkyl halides is 3. The highest BCUT2D eigenvalue weighted by Crippen LogP contribution is 2.40. The van der Waals surface area contributed by atoms with Crippen LogP contribution in [0.1, 0.15) is 6.92 Å². The van der Waals surface area contributed by atoms with Crippen molar-refractivity contribution in [1.29, 1.82) is 5.41 Å². The number of rotatable bonds is 4. The smallest absolute Gasteiger partial charge is 0.265 e. The van der Waals surface area contributed by atoms with E-state index in [0.29, 0.717) is 6.61 Å². The van der Waals surface area contributed by atoms with Crippen LogP contribution >= 0.6 is 34.8 Å². The summed E-state index contributed by atoms with van der Waals surface area (Å²) in [6.45, 7) is 5.73. The highest BCUT2D eigenvalue weighted by molar-refractivity contribution is 6.76. The number of halogens is 3. The maximum atomic E-state index is 7.56. The van der Waals surface area contributed by atoms with E-state index in [9.17, 15) is 0 Å². The zero-order chi connectivity index (χ0) is 14.2. The summed E-state index contributed by atoms with van der Waals surface area (Å²) in [5.74, 6) is -0.447. The predicted octanol–water partition coefficient (Wildman–Crippen LogP) is 2.43. The second-order valence-corrected chi connectivity index (χ2v) is 6.59. The summed E-state index contributed by atoms with van der Waals surface area (Å²) < 4.78 is 19.9. The molecule has 0 aromatic heterocycles. The maximum absolute atomic E-state index is 7.56. The predicted molar refractivity (Wildman–Crippen MR) is 72.0 cm³/mol. The molecule has 2 fully saturated rings. The number of hydrogen-bond donors (Lipinski definition) is 1. The molecule has 2 heterocycles. The Morgan fingerprint density at radius 2 is 2.05 bits per heavy atom. The monoisotopic (exact) mass is 329 g/mol. The van der Waals surface area contributed by atoms with Crippen LogP contribution in [0.4, 0.5) is 0 Å². The van der Waals surface area contributed by atoms with E-state index in [2.05, 4.69) is 6.58 Å². The van der Waals surface area contributed by atoms with E-state index in [1.807, 2.05) is 0 Å². The molecule has 1 N–H and O–H groups in total. The summed E-state index contributed by atoms with van der Waals surface area (Å²) in [4.78, 5) is 0. The van der Waals surface area contributed by atoms with Crippen LogP contribution in [0, 0.1) is 5.41 Å². The lowest BCUT2D eigenvalue weighted by atomic mass is 10.1. The van der Waals surface area contributed by atoms with Gasteiger partial charge in [0.15, 0.2) is 12.4 Å². The van der Waals surface area contributed by atoms with Gasteiger partial charge in [0, 0.05) is 0 Å². The molecule has 0 aliphatic carbocycles. The van der Waals surface area contributed by atoms with E-state index >= 15 is 0 Å². The van der Waals surface area contributed by atoms with E-state index in [1.165, 1.54) is 0 Å². The fraction of sp³-hybridized carbons (Fsp3) is 0.727. The van der Waals surface area contributed by atoms with Crippen molar-refractivity contribution in [1.82, 2.24) is 0 Å². The van der Waals surface area contributed by atoms with Gasteiger partial charge in [0.05, 0.1) is 12.7 Å². The van der Waals surface area contributed by atoms with Crippen LogP contribution in [-0.2, 0) is 18.9 Å². The van der Waals surface area contributed by atoms with Gasteiger partial charge in [0.25, 0.3) is 3.79 Å². The SMILES string of the molecule is C=CCO[C@H]1O[C@H](C)[C@H](OC(=N)C(Cl)(Cl)Cl)[C@H]2O[C@@H]12. The minimum atomic E-state index is -1.89. The summed E-state index contributed by atoms with van der Waals surface area (Å²) in [6.07, 6.45) is -0.0923. The molecule has 0 amide bonds. The molecule has 2 saturated heterocycles. The molecule has 0 saturated carbocycles. The lowest BCUT2D eigenvalue weighted by molar-refractivity contribution is -0.199. The van der Waals surface area contributed by atoms with Gasteiger partial charge in [0.2, 0.25) is 5.90 Å². The van der Waals surface area contributed by atoms with Crippen LogP contribution in [0.5, 0.6) is 0 Å². The molecular formula is C11H14Cl3NO4. The summed E-state index contributed by atoms with van der Waals surface area (Å²) in [7, 11) is 0. The van der Waals surface area contributed by atoms with Crippen molar-refractivity contribution in [2.75, 3.05) is 6.61 Å². The lowest BCUT2D eigenvalue weighted by Gasteiger charge is -2.32. The van der Waals surface area contributed by atoms with Gasteiger partial charge in [-0.1, -0.05) is 40.9 Å². The van der Waals surface area contributed by atoms with Gasteiger partial charge in [-0.2, -0.15) is 0 Å². The molecule has 2 rings (SSSR count). The largest absolute Gasteiger partial charge is 0.469 e. The molecule has 0 unspecified atom stereocenters. The third kappa shape index (κ3) is 3.54. The van der Waals surface area contributed by atoms with E-state index in [-0.39, 0.29) is 18.3 Å². The third-order valence-corrected chi connectivity index (χ3v) is 3.37. The van der Waals surface area contributed by atoms with Crippen LogP contribution < -0.4 is 0 Å². The minimum Gasteiger partial charge on any atom is -0.469 e. The molecule has 8 heteroatoms. The molecule has 5 nitrogen and oxygen atoms in total. The lowest BCUT2D eigenvalue weighted by Crippen LogP contribution is -2.47. The number of hydrogen-bond acceptors (Lipinski definition) is 5. The second-order valence-electron chi connectivity index (χ2n) is 4.31. The number of ether oxygens (including phenoxy) is 4. The molecule has 0 spiro atoms. The first-order valence-electron chi connectivity index (χ1n) is 5.70. The van der Waals surface area contributed by atoms with Gasteiger partial charge in [-0.25, -0.2) is 0 Å².